The summed E-state index contributed by atoms with van der Waals surface area (Å²) in [7, 11) is 1.59. The molecular weight excluding hydrogens is 300 g/mol. The topological polar surface area (TPSA) is 102 Å². The number of hydrogen-bond donors (Lipinski definition) is 2. The van der Waals surface area contributed by atoms with Crippen molar-refractivity contribution < 1.29 is 19.6 Å². The number of benzene rings is 2. The molecule has 7 nitrogen and oxygen atoms in total. The van der Waals surface area contributed by atoms with Crippen molar-refractivity contribution in [2.45, 2.75) is 6.42 Å². The lowest BCUT2D eigenvalue weighted by atomic mass is 10.1. The third kappa shape index (κ3) is 4.19. The molecule has 0 spiro atoms. The Morgan fingerprint density at radius 3 is 2.74 bits per heavy atom. The third-order valence-electron chi connectivity index (χ3n) is 3.30. The van der Waals surface area contributed by atoms with Gasteiger partial charge in [-0.3, -0.25) is 10.1 Å². The molecule has 0 aliphatic carbocycles. The van der Waals surface area contributed by atoms with E-state index in [1.807, 2.05) is 24.3 Å². The minimum atomic E-state index is -1.20. The van der Waals surface area contributed by atoms with Crippen molar-refractivity contribution in [3.8, 4) is 5.75 Å². The van der Waals surface area contributed by atoms with Crippen molar-refractivity contribution in [1.82, 2.24) is 0 Å². The Hall–Kier alpha value is -3.09. The summed E-state index contributed by atoms with van der Waals surface area (Å²) in [4.78, 5) is 21.4. The Bertz CT molecular complexity index is 730. The molecule has 7 heteroatoms. The van der Waals surface area contributed by atoms with Crippen molar-refractivity contribution in [2.75, 3.05) is 19.0 Å². The van der Waals surface area contributed by atoms with Gasteiger partial charge in [0.15, 0.2) is 0 Å². The maximum absolute atomic E-state index is 11.1. The van der Waals surface area contributed by atoms with Gasteiger partial charge in [-0.05, 0) is 36.2 Å². The number of rotatable bonds is 7. The van der Waals surface area contributed by atoms with Gasteiger partial charge in [-0.15, -0.1) is 0 Å². The van der Waals surface area contributed by atoms with Crippen LogP contribution in [0.3, 0.4) is 0 Å². The minimum absolute atomic E-state index is 0.116. The maximum Gasteiger partial charge on any atom is 0.335 e. The predicted octanol–water partition coefficient (Wildman–Crippen LogP) is 2.96. The van der Waals surface area contributed by atoms with Gasteiger partial charge in [0, 0.05) is 12.6 Å². The summed E-state index contributed by atoms with van der Waals surface area (Å²) in [5.41, 5.74) is 0.954. The van der Waals surface area contributed by atoms with Crippen molar-refractivity contribution >= 4 is 17.3 Å². The number of nitro benzene ring substituents is 1. The van der Waals surface area contributed by atoms with Gasteiger partial charge < -0.3 is 15.2 Å². The van der Waals surface area contributed by atoms with Gasteiger partial charge in [-0.25, -0.2) is 4.79 Å². The Kier molecular flexibility index (Phi) is 5.14. The van der Waals surface area contributed by atoms with Crippen LogP contribution in [0.25, 0.3) is 0 Å². The van der Waals surface area contributed by atoms with E-state index in [4.69, 9.17) is 9.84 Å². The zero-order valence-electron chi connectivity index (χ0n) is 12.5. The molecule has 0 saturated carbocycles. The Balaban J connectivity index is 2.07. The van der Waals surface area contributed by atoms with Crippen LogP contribution >= 0.6 is 0 Å². The second kappa shape index (κ2) is 7.26. The summed E-state index contributed by atoms with van der Waals surface area (Å²) in [6.07, 6.45) is 0.648. The van der Waals surface area contributed by atoms with E-state index < -0.39 is 10.9 Å². The van der Waals surface area contributed by atoms with Crippen molar-refractivity contribution in [3.63, 3.8) is 0 Å². The second-order valence-corrected chi connectivity index (χ2v) is 4.82. The Morgan fingerprint density at radius 2 is 2.09 bits per heavy atom. The SMILES string of the molecule is COc1cccc(CCNc2ccc(C(=O)O)cc2[N+](=O)[O-])c1. The quantitative estimate of drug-likeness (QED) is 0.601. The Labute approximate surface area is 132 Å². The molecule has 0 fully saturated rings. The first-order chi connectivity index (χ1) is 11.0. The first-order valence-electron chi connectivity index (χ1n) is 6.90. The summed E-state index contributed by atoms with van der Waals surface area (Å²) < 4.78 is 5.14. The van der Waals surface area contributed by atoms with Gasteiger partial charge in [0.05, 0.1) is 17.6 Å². The van der Waals surface area contributed by atoms with Crippen LogP contribution in [-0.2, 0) is 6.42 Å². The number of carboxylic acid groups (broad SMARTS) is 1. The van der Waals surface area contributed by atoms with Crippen LogP contribution in [-0.4, -0.2) is 29.7 Å². The van der Waals surface area contributed by atoms with Crippen molar-refractivity contribution in [2.24, 2.45) is 0 Å². The normalized spacial score (nSPS) is 10.1. The lowest BCUT2D eigenvalue weighted by Crippen LogP contribution is -2.08. The first kappa shape index (κ1) is 16.3. The highest BCUT2D eigenvalue weighted by Crippen LogP contribution is 2.25. The average molecular weight is 316 g/mol. The highest BCUT2D eigenvalue weighted by atomic mass is 16.6. The summed E-state index contributed by atoms with van der Waals surface area (Å²) in [6.45, 7) is 0.473. The largest absolute Gasteiger partial charge is 0.497 e. The molecule has 0 heterocycles. The van der Waals surface area contributed by atoms with E-state index in [2.05, 4.69) is 5.32 Å². The lowest BCUT2D eigenvalue weighted by molar-refractivity contribution is -0.384. The molecule has 0 aromatic heterocycles. The number of nitrogens with zero attached hydrogens (tertiary/aromatic N) is 1. The summed E-state index contributed by atoms with van der Waals surface area (Å²) in [5, 5.41) is 22.9. The molecule has 0 amide bonds. The fourth-order valence-electron chi connectivity index (χ4n) is 2.13. The number of nitrogens with one attached hydrogen (secondary N) is 1. The van der Waals surface area contributed by atoms with Gasteiger partial charge in [0.1, 0.15) is 11.4 Å². The Morgan fingerprint density at radius 1 is 1.30 bits per heavy atom. The summed E-state index contributed by atoms with van der Waals surface area (Å²) in [5.74, 6) is -0.449. The smallest absolute Gasteiger partial charge is 0.335 e. The number of nitro groups is 1. The van der Waals surface area contributed by atoms with Gasteiger partial charge in [-0.2, -0.15) is 0 Å². The van der Waals surface area contributed by atoms with E-state index in [1.54, 1.807) is 7.11 Å². The van der Waals surface area contributed by atoms with Crippen LogP contribution in [0.15, 0.2) is 42.5 Å². The number of carbonyl (C=O) groups is 1. The minimum Gasteiger partial charge on any atom is -0.497 e. The van der Waals surface area contributed by atoms with Gasteiger partial charge in [-0.1, -0.05) is 12.1 Å². The number of methoxy groups -OCH3 is 1. The van der Waals surface area contributed by atoms with Crippen molar-refractivity contribution in [3.05, 3.63) is 63.7 Å². The lowest BCUT2D eigenvalue weighted by Gasteiger charge is -2.08. The molecule has 0 radical (unpaired) electrons. The molecule has 0 aliphatic heterocycles. The van der Waals surface area contributed by atoms with Crippen LogP contribution in [0.1, 0.15) is 15.9 Å². The standard InChI is InChI=1S/C16H16N2O5/c1-23-13-4-2-3-11(9-13)7-8-17-14-6-5-12(16(19)20)10-15(14)18(21)22/h2-6,9-10,17H,7-8H2,1H3,(H,19,20). The number of anilines is 1. The first-order valence-corrected chi connectivity index (χ1v) is 6.90. The fraction of sp³-hybridized carbons (Fsp3) is 0.188. The van der Waals surface area contributed by atoms with Crippen LogP contribution in [0.4, 0.5) is 11.4 Å². The van der Waals surface area contributed by atoms with E-state index in [0.717, 1.165) is 17.4 Å². The highest BCUT2D eigenvalue weighted by Gasteiger charge is 2.16. The van der Waals surface area contributed by atoms with E-state index in [0.29, 0.717) is 18.7 Å². The monoisotopic (exact) mass is 316 g/mol. The predicted molar refractivity (Wildman–Crippen MR) is 85.2 cm³/mol. The van der Waals surface area contributed by atoms with Gasteiger partial charge in [0.2, 0.25) is 0 Å². The summed E-state index contributed by atoms with van der Waals surface area (Å²) >= 11 is 0. The fourth-order valence-corrected chi connectivity index (χ4v) is 2.13. The second-order valence-electron chi connectivity index (χ2n) is 4.82. The maximum atomic E-state index is 11.1. The summed E-state index contributed by atoms with van der Waals surface area (Å²) in [6, 6.07) is 11.3. The average Bonchev–Trinajstić information content (AvgIpc) is 2.55. The molecule has 2 rings (SSSR count). The zero-order chi connectivity index (χ0) is 16.8. The molecule has 0 bridgehead atoms. The number of aromatic carboxylic acids is 1. The highest BCUT2D eigenvalue weighted by molar-refractivity contribution is 5.89. The van der Waals surface area contributed by atoms with Crippen molar-refractivity contribution in [1.29, 1.82) is 0 Å². The molecule has 2 N–H and O–H groups in total. The zero-order valence-corrected chi connectivity index (χ0v) is 12.5. The molecule has 0 atom stereocenters. The molecule has 2 aromatic rings. The van der Waals surface area contributed by atoms with Crippen LogP contribution < -0.4 is 10.1 Å². The molecule has 2 aromatic carbocycles. The third-order valence-corrected chi connectivity index (χ3v) is 3.30. The van der Waals surface area contributed by atoms with E-state index >= 15 is 0 Å². The van der Waals surface area contributed by atoms with Crippen LogP contribution in [0.2, 0.25) is 0 Å². The molecule has 120 valence electrons. The van der Waals surface area contributed by atoms with E-state index in [-0.39, 0.29) is 11.3 Å². The van der Waals surface area contributed by atoms with E-state index in [1.165, 1.54) is 12.1 Å². The molecule has 23 heavy (non-hydrogen) atoms. The molecule has 0 unspecified atom stereocenters. The molecule has 0 saturated heterocycles. The van der Waals surface area contributed by atoms with Crippen LogP contribution in [0, 0.1) is 10.1 Å². The van der Waals surface area contributed by atoms with Crippen LogP contribution in [0.5, 0.6) is 5.75 Å². The van der Waals surface area contributed by atoms with Gasteiger partial charge in [0.25, 0.3) is 5.69 Å². The van der Waals surface area contributed by atoms with Gasteiger partial charge >= 0.3 is 5.97 Å². The molecule has 0 aliphatic rings. The number of ether oxygens (including phenoxy) is 1. The van der Waals surface area contributed by atoms with E-state index in [9.17, 15) is 14.9 Å². The number of carboxylic acids is 1. The molecular formula is C16H16N2O5. The number of hydrogen-bond acceptors (Lipinski definition) is 5.